The molecule has 0 unspecified atom stereocenters. The number of hydrogen-bond acceptors (Lipinski definition) is 7. The Hall–Kier alpha value is -4.42. The molecular weight excluding hydrogens is 487 g/mol. The molecule has 1 N–H and O–H groups in total. The van der Waals surface area contributed by atoms with Crippen LogP contribution in [0.4, 0.5) is 24.8 Å². The monoisotopic (exact) mass is 509 g/mol. The predicted octanol–water partition coefficient (Wildman–Crippen LogP) is 4.55. The maximum atomic E-state index is 15.4. The second-order valence-corrected chi connectivity index (χ2v) is 9.05. The lowest BCUT2D eigenvalue weighted by Crippen LogP contribution is -2.30. The predicted molar refractivity (Wildman–Crippen MR) is 127 cm³/mol. The Bertz CT molecular complexity index is 1610. The number of aryl methyl sites for hydroxylation is 3. The highest BCUT2D eigenvalue weighted by molar-refractivity contribution is 5.75. The number of halogens is 3. The normalized spacial score (nSPS) is 15.0. The molecule has 0 aliphatic carbocycles. The van der Waals surface area contributed by atoms with E-state index in [1.54, 1.807) is 24.0 Å². The molecule has 1 atom stereocenters. The molecule has 37 heavy (non-hydrogen) atoms. The average Bonchev–Trinajstić information content (AvgIpc) is 3.66. The van der Waals surface area contributed by atoms with Crippen molar-refractivity contribution in [2.75, 3.05) is 12.0 Å². The fraction of sp³-hybridized carbons (Fsp3) is 0.292. The molecule has 13 heteroatoms. The summed E-state index contributed by atoms with van der Waals surface area (Å²) in [5.74, 6) is -3.44. The molecule has 0 amide bonds. The lowest BCUT2D eigenvalue weighted by Gasteiger charge is -2.27. The first kappa shape index (κ1) is 23.0. The van der Waals surface area contributed by atoms with Crippen LogP contribution in [-0.4, -0.2) is 45.9 Å². The Labute approximate surface area is 208 Å². The first-order valence-electron chi connectivity index (χ1n) is 11.5. The number of hydrogen-bond donors (Lipinski definition) is 1. The van der Waals surface area contributed by atoms with Crippen LogP contribution in [0.15, 0.2) is 47.4 Å². The molecule has 5 aromatic heterocycles. The first-order chi connectivity index (χ1) is 17.8. The van der Waals surface area contributed by atoms with E-state index in [2.05, 4.69) is 30.8 Å². The highest BCUT2D eigenvalue weighted by Crippen LogP contribution is 2.42. The minimum absolute atomic E-state index is 0.139. The van der Waals surface area contributed by atoms with Crippen molar-refractivity contribution in [2.24, 2.45) is 7.05 Å². The van der Waals surface area contributed by atoms with Crippen molar-refractivity contribution < 1.29 is 17.7 Å². The van der Waals surface area contributed by atoms with E-state index < -0.39 is 30.2 Å². The third-order valence-electron chi connectivity index (χ3n) is 6.48. The van der Waals surface area contributed by atoms with Crippen molar-refractivity contribution in [3.63, 3.8) is 0 Å². The van der Waals surface area contributed by atoms with Crippen molar-refractivity contribution >= 4 is 11.6 Å². The quantitative estimate of drug-likeness (QED) is 0.358. The first-order valence-corrected chi connectivity index (χ1v) is 11.5. The summed E-state index contributed by atoms with van der Waals surface area (Å²) in [7, 11) is 1.82. The Morgan fingerprint density at radius 3 is 2.73 bits per heavy atom. The molecule has 0 radical (unpaired) electrons. The molecule has 6 rings (SSSR count). The summed E-state index contributed by atoms with van der Waals surface area (Å²) in [5.41, 5.74) is 3.47. The van der Waals surface area contributed by atoms with Crippen molar-refractivity contribution in [1.82, 2.24) is 39.3 Å². The molecule has 0 fully saturated rings. The average molecular weight is 509 g/mol. The third-order valence-corrected chi connectivity index (χ3v) is 6.48. The van der Waals surface area contributed by atoms with E-state index in [4.69, 9.17) is 4.52 Å². The van der Waals surface area contributed by atoms with Crippen LogP contribution in [0.5, 0.6) is 0 Å². The van der Waals surface area contributed by atoms with E-state index in [9.17, 15) is 4.39 Å². The largest absolute Gasteiger partial charge is 0.366 e. The van der Waals surface area contributed by atoms with E-state index >= 15 is 8.78 Å². The molecule has 0 saturated heterocycles. The number of rotatable bonds is 6. The van der Waals surface area contributed by atoms with Crippen LogP contribution in [0.2, 0.25) is 0 Å². The van der Waals surface area contributed by atoms with Gasteiger partial charge in [0.25, 0.3) is 0 Å². The molecular formula is C24H22F3N9O. The maximum absolute atomic E-state index is 15.4. The van der Waals surface area contributed by atoms with E-state index in [0.717, 1.165) is 28.6 Å². The summed E-state index contributed by atoms with van der Waals surface area (Å²) in [6.45, 7) is 2.74. The number of nitrogens with zero attached hydrogens (tertiary/aromatic N) is 8. The lowest BCUT2D eigenvalue weighted by molar-refractivity contribution is -0.00175. The van der Waals surface area contributed by atoms with Gasteiger partial charge in [-0.1, -0.05) is 5.16 Å². The standard InChI is InChI=1S/C24H22F3N9O/c1-13-10-28-20(30-21-4-5-29-34(21)3)8-17(13)15-7-18-22-31-32-23(24(26,27)19-6-14(2)33-37-19)36(22)16(9-25)12-35(18)11-15/h4-8,10-11,16H,9,12H2,1-3H3,(H,28,30)/t16-/m0/s1. The third kappa shape index (κ3) is 3.69. The lowest BCUT2D eigenvalue weighted by atomic mass is 10.1. The highest BCUT2D eigenvalue weighted by atomic mass is 19.3. The van der Waals surface area contributed by atoms with E-state index in [1.165, 1.54) is 4.57 Å². The zero-order chi connectivity index (χ0) is 25.9. The molecule has 0 bridgehead atoms. The van der Waals surface area contributed by atoms with E-state index in [1.807, 2.05) is 42.9 Å². The minimum Gasteiger partial charge on any atom is -0.354 e. The van der Waals surface area contributed by atoms with Gasteiger partial charge in [0.2, 0.25) is 11.6 Å². The topological polar surface area (TPSA) is 104 Å². The van der Waals surface area contributed by atoms with Crippen LogP contribution in [0.1, 0.15) is 28.9 Å². The fourth-order valence-corrected chi connectivity index (χ4v) is 4.60. The number of aromatic nitrogens is 8. The van der Waals surface area contributed by atoms with Gasteiger partial charge in [0.1, 0.15) is 18.3 Å². The van der Waals surface area contributed by atoms with Gasteiger partial charge in [0.15, 0.2) is 5.82 Å². The van der Waals surface area contributed by atoms with Crippen LogP contribution in [0.25, 0.3) is 22.6 Å². The fourth-order valence-electron chi connectivity index (χ4n) is 4.60. The molecule has 1 aliphatic rings. The van der Waals surface area contributed by atoms with Gasteiger partial charge in [0.05, 0.1) is 23.6 Å². The smallest absolute Gasteiger partial charge is 0.354 e. The van der Waals surface area contributed by atoms with Gasteiger partial charge in [-0.3, -0.25) is 9.25 Å². The van der Waals surface area contributed by atoms with Crippen molar-refractivity contribution in [3.8, 4) is 22.6 Å². The van der Waals surface area contributed by atoms with Gasteiger partial charge in [-0.15, -0.1) is 10.2 Å². The molecule has 190 valence electrons. The number of alkyl halides is 3. The zero-order valence-corrected chi connectivity index (χ0v) is 20.2. The van der Waals surface area contributed by atoms with Gasteiger partial charge in [-0.05, 0) is 37.1 Å². The molecule has 6 heterocycles. The Balaban J connectivity index is 1.41. The van der Waals surface area contributed by atoms with E-state index in [-0.39, 0.29) is 12.4 Å². The van der Waals surface area contributed by atoms with Crippen LogP contribution >= 0.6 is 0 Å². The number of pyridine rings is 1. The van der Waals surface area contributed by atoms with Crippen LogP contribution in [-0.2, 0) is 19.5 Å². The van der Waals surface area contributed by atoms with Gasteiger partial charge in [-0.2, -0.15) is 13.9 Å². The van der Waals surface area contributed by atoms with Gasteiger partial charge in [0, 0.05) is 43.7 Å². The van der Waals surface area contributed by atoms with Crippen LogP contribution in [0.3, 0.4) is 0 Å². The summed E-state index contributed by atoms with van der Waals surface area (Å²) >= 11 is 0. The number of nitrogens with one attached hydrogen (secondary N) is 1. The molecule has 0 spiro atoms. The molecule has 1 aliphatic heterocycles. The Morgan fingerprint density at radius 2 is 2.03 bits per heavy atom. The summed E-state index contributed by atoms with van der Waals surface area (Å²) in [4.78, 5) is 4.45. The summed E-state index contributed by atoms with van der Waals surface area (Å²) < 4.78 is 54.4. The SMILES string of the molecule is Cc1cc(C(F)(F)c2nnc3n2[C@@H](CF)Cn2cc(-c4cc(Nc5ccnn5C)ncc4C)cc2-3)on1. The summed E-state index contributed by atoms with van der Waals surface area (Å²) in [5, 5.41) is 18.8. The van der Waals surface area contributed by atoms with E-state index in [0.29, 0.717) is 17.2 Å². The van der Waals surface area contributed by atoms with Gasteiger partial charge in [-0.25, -0.2) is 9.37 Å². The van der Waals surface area contributed by atoms with Crippen molar-refractivity contribution in [2.45, 2.75) is 32.4 Å². The van der Waals surface area contributed by atoms with Crippen molar-refractivity contribution in [3.05, 3.63) is 65.7 Å². The number of fused-ring (bicyclic) bond motifs is 3. The molecule has 0 aromatic carbocycles. The summed E-state index contributed by atoms with van der Waals surface area (Å²) in [6.07, 6.45) is 5.29. The maximum Gasteiger partial charge on any atom is 0.366 e. The Kier molecular flexibility index (Phi) is 5.17. The van der Waals surface area contributed by atoms with Crippen molar-refractivity contribution in [1.29, 1.82) is 0 Å². The van der Waals surface area contributed by atoms with Crippen LogP contribution in [0, 0.1) is 13.8 Å². The summed E-state index contributed by atoms with van der Waals surface area (Å²) in [6, 6.07) is 5.79. The molecule has 0 saturated carbocycles. The highest BCUT2D eigenvalue weighted by Gasteiger charge is 2.46. The minimum atomic E-state index is -3.63. The number of anilines is 2. The van der Waals surface area contributed by atoms with Gasteiger partial charge >= 0.3 is 5.92 Å². The Morgan fingerprint density at radius 1 is 1.19 bits per heavy atom. The molecule has 5 aromatic rings. The second kappa shape index (κ2) is 8.32. The molecule has 10 nitrogen and oxygen atoms in total. The van der Waals surface area contributed by atoms with Gasteiger partial charge < -0.3 is 14.4 Å². The van der Waals surface area contributed by atoms with Crippen LogP contribution < -0.4 is 5.32 Å². The second-order valence-electron chi connectivity index (χ2n) is 9.05. The zero-order valence-electron chi connectivity index (χ0n) is 20.2.